The fourth-order valence-electron chi connectivity index (χ4n) is 2.72. The quantitative estimate of drug-likeness (QED) is 0.213. The van der Waals surface area contributed by atoms with Crippen LogP contribution in [0.2, 0.25) is 0 Å². The molecule has 2 aliphatic rings. The van der Waals surface area contributed by atoms with E-state index in [1.54, 1.807) is 0 Å². The van der Waals surface area contributed by atoms with E-state index in [0.717, 1.165) is 0 Å². The van der Waals surface area contributed by atoms with E-state index in [2.05, 4.69) is 21.2 Å². The largest absolute Gasteiger partial charge is 0.456 e. The molecular formula is C16H13BrClN3O6S. The van der Waals surface area contributed by atoms with Gasteiger partial charge in [-0.05, 0) is 17.7 Å². The maximum atomic E-state index is 12.5. The number of nitrogens with one attached hydrogen (secondary N) is 1. The number of rotatable bonds is 6. The van der Waals surface area contributed by atoms with E-state index >= 15 is 0 Å². The first kappa shape index (κ1) is 20.6. The zero-order valence-electron chi connectivity index (χ0n) is 14.1. The minimum atomic E-state index is -0.771. The van der Waals surface area contributed by atoms with Crippen molar-refractivity contribution < 1.29 is 24.0 Å². The molecule has 0 bridgehead atoms. The van der Waals surface area contributed by atoms with E-state index in [9.17, 15) is 24.5 Å². The van der Waals surface area contributed by atoms with E-state index in [1.165, 1.54) is 40.9 Å². The SMILES string of the molecule is O=C(CBr)N[C@@H]1C(=O)N2C(C(=O)OCc3ccc([N+](=O)[O-])cc3)=C(Cl)CS[C@H]12. The minimum absolute atomic E-state index is 0.0401. The van der Waals surface area contributed by atoms with Crippen molar-refractivity contribution in [1.29, 1.82) is 0 Å². The maximum Gasteiger partial charge on any atom is 0.356 e. The molecule has 1 saturated heterocycles. The number of β-lactam (4-membered cyclic amide) rings is 1. The molecule has 2 heterocycles. The van der Waals surface area contributed by atoms with Gasteiger partial charge in [0.2, 0.25) is 5.91 Å². The summed E-state index contributed by atoms with van der Waals surface area (Å²) in [6, 6.07) is 4.83. The molecule has 0 saturated carbocycles. The van der Waals surface area contributed by atoms with Crippen molar-refractivity contribution in [2.24, 2.45) is 0 Å². The van der Waals surface area contributed by atoms with Gasteiger partial charge in [-0.25, -0.2) is 4.79 Å². The van der Waals surface area contributed by atoms with Crippen LogP contribution in [-0.2, 0) is 25.7 Å². The second kappa shape index (κ2) is 8.50. The first-order chi connectivity index (χ1) is 13.3. The molecule has 0 aromatic heterocycles. The summed E-state index contributed by atoms with van der Waals surface area (Å²) in [5.41, 5.74) is 0.437. The third-order valence-corrected chi connectivity index (χ3v) is 6.33. The van der Waals surface area contributed by atoms with Gasteiger partial charge in [0.15, 0.2) is 0 Å². The summed E-state index contributed by atoms with van der Waals surface area (Å²) in [5.74, 6) is -1.24. The highest BCUT2D eigenvalue weighted by atomic mass is 79.9. The molecule has 2 amide bonds. The molecular weight excluding hydrogens is 478 g/mol. The van der Waals surface area contributed by atoms with Gasteiger partial charge in [-0.15, -0.1) is 11.8 Å². The van der Waals surface area contributed by atoms with E-state index in [1.807, 2.05) is 0 Å². The molecule has 12 heteroatoms. The molecule has 0 radical (unpaired) electrons. The summed E-state index contributed by atoms with van der Waals surface area (Å²) in [6.07, 6.45) is 0. The Hall–Kier alpha value is -2.11. The maximum absolute atomic E-state index is 12.5. The first-order valence-electron chi connectivity index (χ1n) is 7.92. The number of non-ortho nitro benzene ring substituents is 1. The van der Waals surface area contributed by atoms with Gasteiger partial charge in [-0.1, -0.05) is 27.5 Å². The number of nitrogens with zero attached hydrogens (tertiary/aromatic N) is 2. The van der Waals surface area contributed by atoms with Crippen LogP contribution >= 0.6 is 39.3 Å². The number of alkyl halides is 1. The van der Waals surface area contributed by atoms with Crippen LogP contribution in [-0.4, -0.2) is 50.1 Å². The summed E-state index contributed by atoms with van der Waals surface area (Å²) in [5, 5.41) is 13.1. The lowest BCUT2D eigenvalue weighted by molar-refractivity contribution is -0.384. The zero-order valence-corrected chi connectivity index (χ0v) is 17.3. The van der Waals surface area contributed by atoms with Crippen molar-refractivity contribution in [1.82, 2.24) is 10.2 Å². The Morgan fingerprint density at radius 3 is 2.68 bits per heavy atom. The summed E-state index contributed by atoms with van der Waals surface area (Å²) in [4.78, 5) is 47.8. The summed E-state index contributed by atoms with van der Waals surface area (Å²) in [7, 11) is 0. The van der Waals surface area contributed by atoms with Crippen LogP contribution in [0, 0.1) is 10.1 Å². The first-order valence-corrected chi connectivity index (χ1v) is 10.5. The topological polar surface area (TPSA) is 119 Å². The van der Waals surface area contributed by atoms with Gasteiger partial charge in [0.25, 0.3) is 11.6 Å². The van der Waals surface area contributed by atoms with Crippen molar-refractivity contribution in [3.05, 3.63) is 50.7 Å². The Labute approximate surface area is 176 Å². The van der Waals surface area contributed by atoms with Crippen molar-refractivity contribution >= 4 is 62.8 Å². The highest BCUT2D eigenvalue weighted by Gasteiger charge is 2.54. The number of ether oxygens (including phenoxy) is 1. The minimum Gasteiger partial charge on any atom is -0.456 e. The van der Waals surface area contributed by atoms with E-state index in [4.69, 9.17) is 16.3 Å². The average Bonchev–Trinajstić information content (AvgIpc) is 2.69. The molecule has 28 heavy (non-hydrogen) atoms. The van der Waals surface area contributed by atoms with Crippen molar-refractivity contribution in [2.45, 2.75) is 18.0 Å². The highest BCUT2D eigenvalue weighted by Crippen LogP contribution is 2.41. The number of carbonyl (C=O) groups is 3. The smallest absolute Gasteiger partial charge is 0.356 e. The molecule has 1 fully saturated rings. The third kappa shape index (κ3) is 4.01. The molecule has 1 aromatic rings. The lowest BCUT2D eigenvalue weighted by Gasteiger charge is -2.49. The van der Waals surface area contributed by atoms with Crippen LogP contribution in [0.5, 0.6) is 0 Å². The number of nitro benzene ring substituents is 1. The molecule has 9 nitrogen and oxygen atoms in total. The monoisotopic (exact) mass is 489 g/mol. The molecule has 0 spiro atoms. The van der Waals surface area contributed by atoms with Crippen LogP contribution in [0.1, 0.15) is 5.56 Å². The number of benzene rings is 1. The normalized spacial score (nSPS) is 20.9. The molecule has 2 aliphatic heterocycles. The Kier molecular flexibility index (Phi) is 6.26. The number of nitro groups is 1. The van der Waals surface area contributed by atoms with E-state index in [0.29, 0.717) is 11.3 Å². The van der Waals surface area contributed by atoms with Crippen molar-refractivity contribution in [3.63, 3.8) is 0 Å². The van der Waals surface area contributed by atoms with Crippen molar-refractivity contribution in [3.8, 4) is 0 Å². The van der Waals surface area contributed by atoms with Gasteiger partial charge in [-0.3, -0.25) is 24.6 Å². The van der Waals surface area contributed by atoms with Gasteiger partial charge in [0.1, 0.15) is 23.7 Å². The van der Waals surface area contributed by atoms with Crippen LogP contribution < -0.4 is 5.32 Å². The van der Waals surface area contributed by atoms with Crippen LogP contribution in [0.25, 0.3) is 0 Å². The lowest BCUT2D eigenvalue weighted by Crippen LogP contribution is -2.70. The number of carbonyl (C=O) groups excluding carboxylic acids is 3. The van der Waals surface area contributed by atoms with Gasteiger partial charge >= 0.3 is 5.97 Å². The summed E-state index contributed by atoms with van der Waals surface area (Å²) in [6.45, 7) is -0.131. The standard InChI is InChI=1S/C16H13BrClN3O6S/c17-5-11(22)19-12-14(23)20-13(10(18)7-28-15(12)20)16(24)27-6-8-1-3-9(4-2-8)21(25)26/h1-4,12,15H,5-7H2,(H,19,22)/t12-,15-/m1/s1. The predicted octanol–water partition coefficient (Wildman–Crippen LogP) is 1.88. The fraction of sp³-hybridized carbons (Fsp3) is 0.312. The Morgan fingerprint density at radius 1 is 1.39 bits per heavy atom. The molecule has 1 aromatic carbocycles. The van der Waals surface area contributed by atoms with Gasteiger partial charge in [0, 0.05) is 17.9 Å². The number of amides is 2. The van der Waals surface area contributed by atoms with Crippen molar-refractivity contribution in [2.75, 3.05) is 11.1 Å². The fourth-order valence-corrected chi connectivity index (χ4v) is 4.42. The van der Waals surface area contributed by atoms with Gasteiger partial charge < -0.3 is 10.1 Å². The van der Waals surface area contributed by atoms with Crippen LogP contribution in [0.4, 0.5) is 5.69 Å². The number of halogens is 2. The number of fused-ring (bicyclic) bond motifs is 1. The Balaban J connectivity index is 1.66. The number of thioether (sulfide) groups is 1. The van der Waals surface area contributed by atoms with Gasteiger partial charge in [-0.2, -0.15) is 0 Å². The second-order valence-electron chi connectivity index (χ2n) is 5.84. The highest BCUT2D eigenvalue weighted by molar-refractivity contribution is 9.09. The zero-order chi connectivity index (χ0) is 20.4. The van der Waals surface area contributed by atoms with Crippen LogP contribution in [0.3, 0.4) is 0 Å². The molecule has 2 atom stereocenters. The Morgan fingerprint density at radius 2 is 2.07 bits per heavy atom. The Bertz CT molecular complexity index is 878. The second-order valence-corrected chi connectivity index (χ2v) is 7.96. The molecule has 3 rings (SSSR count). The predicted molar refractivity (Wildman–Crippen MR) is 105 cm³/mol. The lowest BCUT2D eigenvalue weighted by atomic mass is 10.1. The number of hydrogen-bond acceptors (Lipinski definition) is 7. The third-order valence-electron chi connectivity index (χ3n) is 4.07. The van der Waals surface area contributed by atoms with Gasteiger partial charge in [0.05, 0.1) is 15.3 Å². The summed E-state index contributed by atoms with van der Waals surface area (Å²) < 4.78 is 5.23. The molecule has 0 unspecified atom stereocenters. The van der Waals surface area contributed by atoms with Crippen LogP contribution in [0.15, 0.2) is 35.0 Å². The molecule has 0 aliphatic carbocycles. The number of esters is 1. The molecule has 1 N–H and O–H groups in total. The number of hydrogen-bond donors (Lipinski definition) is 1. The molecule has 148 valence electrons. The average molecular weight is 491 g/mol. The van der Waals surface area contributed by atoms with E-state index in [-0.39, 0.29) is 34.3 Å². The van der Waals surface area contributed by atoms with E-state index < -0.39 is 28.2 Å². The summed E-state index contributed by atoms with van der Waals surface area (Å²) >= 11 is 10.5.